The summed E-state index contributed by atoms with van der Waals surface area (Å²) in [6, 6.07) is 17.5. The lowest BCUT2D eigenvalue weighted by atomic mass is 10.1. The highest BCUT2D eigenvalue weighted by Gasteiger charge is 2.35. The number of nitrogens with zero attached hydrogens (tertiary/aromatic N) is 3. The zero-order valence-electron chi connectivity index (χ0n) is 17.5. The maximum atomic E-state index is 12.5. The number of aliphatic imine (C=N–C) groups is 1. The number of ether oxygens (including phenoxy) is 1. The molecule has 1 amide bonds. The van der Waals surface area contributed by atoms with Crippen LogP contribution in [0.2, 0.25) is 0 Å². The van der Waals surface area contributed by atoms with Crippen molar-refractivity contribution in [3.8, 4) is 5.75 Å². The summed E-state index contributed by atoms with van der Waals surface area (Å²) < 4.78 is 6.01. The molecule has 0 spiro atoms. The van der Waals surface area contributed by atoms with Gasteiger partial charge in [-0.15, -0.1) is 0 Å². The molecule has 0 aliphatic carbocycles. The zero-order chi connectivity index (χ0) is 21.8. The summed E-state index contributed by atoms with van der Waals surface area (Å²) in [7, 11) is 0. The normalized spacial score (nSPS) is 18.0. The number of thioether (sulfide) groups is 1. The minimum Gasteiger partial charge on any atom is -0.486 e. The van der Waals surface area contributed by atoms with E-state index < -0.39 is 5.91 Å². The Morgan fingerprint density at radius 2 is 1.90 bits per heavy atom. The Kier molecular flexibility index (Phi) is 6.32. The number of unbranched alkanes of at least 4 members (excludes halogenated alkanes) is 1. The van der Waals surface area contributed by atoms with E-state index in [9.17, 15) is 4.79 Å². The van der Waals surface area contributed by atoms with Crippen molar-refractivity contribution in [1.82, 2.24) is 5.01 Å². The predicted molar refractivity (Wildman–Crippen MR) is 126 cm³/mol. The lowest BCUT2D eigenvalue weighted by Crippen LogP contribution is -2.35. The van der Waals surface area contributed by atoms with Gasteiger partial charge >= 0.3 is 0 Å². The van der Waals surface area contributed by atoms with Crippen LogP contribution in [0.1, 0.15) is 50.3 Å². The summed E-state index contributed by atoms with van der Waals surface area (Å²) in [6.45, 7) is 4.13. The Morgan fingerprint density at radius 3 is 2.61 bits per heavy atom. The van der Waals surface area contributed by atoms with Crippen molar-refractivity contribution in [2.75, 3.05) is 0 Å². The number of carbonyl (C=O) groups is 1. The second-order valence-electron chi connectivity index (χ2n) is 7.36. The van der Waals surface area contributed by atoms with Gasteiger partial charge in [-0.3, -0.25) is 10.2 Å². The maximum Gasteiger partial charge on any atom is 0.283 e. The van der Waals surface area contributed by atoms with E-state index in [0.29, 0.717) is 5.17 Å². The lowest BCUT2D eigenvalue weighted by Gasteiger charge is -2.20. The second-order valence-corrected chi connectivity index (χ2v) is 8.40. The van der Waals surface area contributed by atoms with Gasteiger partial charge < -0.3 is 4.74 Å². The molecule has 7 heteroatoms. The van der Waals surface area contributed by atoms with Crippen LogP contribution in [0, 0.1) is 5.41 Å². The highest BCUT2D eigenvalue weighted by Crippen LogP contribution is 2.30. The fraction of sp³-hybridized carbons (Fsp3) is 0.250. The van der Waals surface area contributed by atoms with Gasteiger partial charge in [-0.1, -0.05) is 55.8 Å². The second kappa shape index (κ2) is 9.31. The molecule has 0 unspecified atom stereocenters. The summed E-state index contributed by atoms with van der Waals surface area (Å²) in [5, 5.41) is 15.8. The molecule has 31 heavy (non-hydrogen) atoms. The number of amides is 1. The zero-order valence-corrected chi connectivity index (χ0v) is 18.4. The van der Waals surface area contributed by atoms with Crippen LogP contribution in [0.3, 0.4) is 0 Å². The molecule has 158 valence electrons. The third kappa shape index (κ3) is 4.77. The van der Waals surface area contributed by atoms with Crippen molar-refractivity contribution in [3.05, 3.63) is 71.3 Å². The Labute approximate surface area is 186 Å². The monoisotopic (exact) mass is 432 g/mol. The van der Waals surface area contributed by atoms with Crippen LogP contribution in [0.5, 0.6) is 5.75 Å². The molecule has 0 fully saturated rings. The van der Waals surface area contributed by atoms with E-state index in [1.165, 1.54) is 16.8 Å². The summed E-state index contributed by atoms with van der Waals surface area (Å²) in [5.74, 6) is 0.394. The van der Waals surface area contributed by atoms with Gasteiger partial charge in [-0.2, -0.15) is 15.1 Å². The Balaban J connectivity index is 1.48. The molecule has 6 nitrogen and oxygen atoms in total. The smallest absolute Gasteiger partial charge is 0.283 e. The standard InChI is InChI=1S/C24H24N4O2S/c1-3-4-10-21-27-28-22(25)20(23(29)26-24(28)31-21)15-17-11-13-19(14-12-17)30-16(2)18-8-6-5-7-9-18/h5-9,11-16,25H,3-4,10H2,1-2H3/b20-15+,25-22?/t16-/m0/s1. The quantitative estimate of drug-likeness (QED) is 0.575. The Bertz CT molecular complexity index is 1070. The van der Waals surface area contributed by atoms with Crippen molar-refractivity contribution < 1.29 is 9.53 Å². The van der Waals surface area contributed by atoms with E-state index >= 15 is 0 Å². The average Bonchev–Trinajstić information content (AvgIpc) is 3.20. The number of fused-ring (bicyclic) bond motifs is 1. The van der Waals surface area contributed by atoms with Crippen LogP contribution in [0.4, 0.5) is 0 Å². The Hall–Kier alpha value is -3.19. The van der Waals surface area contributed by atoms with Crippen LogP contribution in [0.25, 0.3) is 6.08 Å². The van der Waals surface area contributed by atoms with Crippen LogP contribution in [-0.2, 0) is 4.79 Å². The van der Waals surface area contributed by atoms with Gasteiger partial charge in [0.25, 0.3) is 5.91 Å². The van der Waals surface area contributed by atoms with Gasteiger partial charge in [0, 0.05) is 0 Å². The van der Waals surface area contributed by atoms with Crippen molar-refractivity contribution in [2.24, 2.45) is 10.1 Å². The minimum atomic E-state index is -0.409. The van der Waals surface area contributed by atoms with Gasteiger partial charge in [0.1, 0.15) is 16.9 Å². The van der Waals surface area contributed by atoms with E-state index in [1.807, 2.05) is 61.5 Å². The van der Waals surface area contributed by atoms with E-state index in [1.54, 1.807) is 6.08 Å². The highest BCUT2D eigenvalue weighted by atomic mass is 32.2. The molecular weight excluding hydrogens is 408 g/mol. The third-order valence-corrected chi connectivity index (χ3v) is 5.98. The van der Waals surface area contributed by atoms with Crippen LogP contribution < -0.4 is 4.74 Å². The molecule has 2 aromatic carbocycles. The van der Waals surface area contributed by atoms with Gasteiger partial charge in [0.2, 0.25) is 5.17 Å². The molecule has 0 saturated heterocycles. The summed E-state index contributed by atoms with van der Waals surface area (Å²) in [4.78, 5) is 16.7. The molecule has 2 aromatic rings. The summed E-state index contributed by atoms with van der Waals surface area (Å²) in [5.41, 5.74) is 2.13. The number of rotatable bonds is 7. The van der Waals surface area contributed by atoms with Crippen molar-refractivity contribution in [1.29, 1.82) is 5.41 Å². The number of nitrogens with one attached hydrogen (secondary N) is 1. The van der Waals surface area contributed by atoms with Crippen LogP contribution >= 0.6 is 11.8 Å². The van der Waals surface area contributed by atoms with Gasteiger partial charge in [0.15, 0.2) is 5.84 Å². The van der Waals surface area contributed by atoms with Crippen molar-refractivity contribution >= 4 is 39.8 Å². The average molecular weight is 433 g/mol. The molecule has 2 aliphatic rings. The minimum absolute atomic E-state index is 0.0621. The van der Waals surface area contributed by atoms with E-state index in [4.69, 9.17) is 10.1 Å². The maximum absolute atomic E-state index is 12.5. The molecule has 0 aromatic heterocycles. The number of hydrogen-bond donors (Lipinski definition) is 1. The topological polar surface area (TPSA) is 78.1 Å². The molecule has 4 rings (SSSR count). The number of hydrogen-bond acceptors (Lipinski definition) is 5. The van der Waals surface area contributed by atoms with Crippen molar-refractivity contribution in [2.45, 2.75) is 39.2 Å². The number of hydrazone groups is 1. The van der Waals surface area contributed by atoms with Crippen LogP contribution in [-0.4, -0.2) is 27.0 Å². The molecule has 1 N–H and O–H groups in total. The van der Waals surface area contributed by atoms with E-state index in [-0.39, 0.29) is 17.5 Å². The largest absolute Gasteiger partial charge is 0.486 e. The third-order valence-electron chi connectivity index (χ3n) is 5.01. The van der Waals surface area contributed by atoms with E-state index in [2.05, 4.69) is 17.0 Å². The molecular formula is C24H24N4O2S. The van der Waals surface area contributed by atoms with E-state index in [0.717, 1.165) is 41.2 Å². The highest BCUT2D eigenvalue weighted by molar-refractivity contribution is 8.26. The first-order valence-electron chi connectivity index (χ1n) is 10.4. The molecule has 1 atom stereocenters. The first kappa shape index (κ1) is 21.1. The molecule has 0 radical (unpaired) electrons. The first-order chi connectivity index (χ1) is 15.0. The Morgan fingerprint density at radius 1 is 1.16 bits per heavy atom. The number of carbonyl (C=O) groups excluding carboxylic acids is 1. The predicted octanol–water partition coefficient (Wildman–Crippen LogP) is 5.64. The van der Waals surface area contributed by atoms with Gasteiger partial charge in [-0.25, -0.2) is 0 Å². The van der Waals surface area contributed by atoms with Gasteiger partial charge in [-0.05, 0) is 60.9 Å². The fourth-order valence-electron chi connectivity index (χ4n) is 3.27. The van der Waals surface area contributed by atoms with Crippen LogP contribution in [0.15, 0.2) is 70.3 Å². The SMILES string of the molecule is CCCCC1=NN2C(=N)/C(=C\c3ccc(O[C@@H](C)c4ccccc4)cc3)C(=O)N=C2S1. The number of amidine groups is 2. The van der Waals surface area contributed by atoms with Crippen molar-refractivity contribution in [3.63, 3.8) is 0 Å². The molecule has 2 aliphatic heterocycles. The van der Waals surface area contributed by atoms with Gasteiger partial charge in [0.05, 0.1) is 5.57 Å². The molecule has 0 saturated carbocycles. The first-order valence-corrected chi connectivity index (χ1v) is 11.2. The number of benzene rings is 2. The summed E-state index contributed by atoms with van der Waals surface area (Å²) >= 11 is 1.38. The molecule has 2 heterocycles. The lowest BCUT2D eigenvalue weighted by molar-refractivity contribution is -0.114. The fourth-order valence-corrected chi connectivity index (χ4v) is 4.19. The molecule has 0 bridgehead atoms. The summed E-state index contributed by atoms with van der Waals surface area (Å²) in [6.07, 6.45) is 4.53.